The Labute approximate surface area is 179 Å². The van der Waals surface area contributed by atoms with Crippen LogP contribution in [-0.2, 0) is 13.0 Å². The van der Waals surface area contributed by atoms with Crippen LogP contribution in [0, 0.1) is 0 Å². The highest BCUT2D eigenvalue weighted by molar-refractivity contribution is 5.81. The molecule has 2 heterocycles. The second-order valence-electron chi connectivity index (χ2n) is 7.25. The Balaban J connectivity index is 1.37. The highest BCUT2D eigenvalue weighted by Gasteiger charge is 2.11. The van der Waals surface area contributed by atoms with Crippen LogP contribution >= 0.6 is 0 Å². The van der Waals surface area contributed by atoms with Crippen LogP contribution < -0.4 is 4.74 Å². The second kappa shape index (κ2) is 8.36. The van der Waals surface area contributed by atoms with Gasteiger partial charge in [-0.25, -0.2) is 4.98 Å². The van der Waals surface area contributed by atoms with Crippen molar-refractivity contribution in [2.24, 2.45) is 0 Å². The molecule has 0 amide bonds. The Morgan fingerprint density at radius 1 is 0.871 bits per heavy atom. The largest absolute Gasteiger partial charge is 0.487 e. The van der Waals surface area contributed by atoms with Crippen LogP contribution in [0.15, 0.2) is 78.9 Å². The predicted octanol–water partition coefficient (Wildman–Crippen LogP) is 5.22. The summed E-state index contributed by atoms with van der Waals surface area (Å²) in [6, 6.07) is 26.6. The molecular weight excluding hydrogens is 386 g/mol. The third kappa shape index (κ3) is 3.88. The Morgan fingerprint density at radius 3 is 2.42 bits per heavy atom. The highest BCUT2D eigenvalue weighted by atomic mass is 16.5. The summed E-state index contributed by atoms with van der Waals surface area (Å²) in [6.07, 6.45) is 0.825. The fourth-order valence-corrected chi connectivity index (χ4v) is 3.66. The van der Waals surface area contributed by atoms with Crippen LogP contribution in [0.5, 0.6) is 5.75 Å². The van der Waals surface area contributed by atoms with E-state index in [1.807, 2.05) is 36.4 Å². The zero-order valence-electron chi connectivity index (χ0n) is 17.1. The zero-order chi connectivity index (χ0) is 21.0. The van der Waals surface area contributed by atoms with Gasteiger partial charge in [-0.15, -0.1) is 10.2 Å². The van der Waals surface area contributed by atoms with E-state index in [0.29, 0.717) is 12.4 Å². The molecule has 0 unspecified atom stereocenters. The van der Waals surface area contributed by atoms with Gasteiger partial charge in [0.25, 0.3) is 0 Å². The third-order valence-electron chi connectivity index (χ3n) is 5.27. The Bertz CT molecular complexity index is 1310. The van der Waals surface area contributed by atoms with Crippen molar-refractivity contribution in [2.75, 3.05) is 0 Å². The number of pyridine rings is 1. The molecule has 0 aliphatic heterocycles. The standard InChI is InChI=1S/C25H21N5O/c1-2-22-24(15-19-7-3-6-10-23(19)26-22)31-16-17-11-13-18(14-12-17)20-8-4-5-9-21(20)25-27-29-30-28-25/h3-15H,2,16H2,1H3,(H,27,28,29,30). The number of aromatic amines is 1. The smallest absolute Gasteiger partial charge is 0.205 e. The van der Waals surface area contributed by atoms with Gasteiger partial charge in [0, 0.05) is 10.9 Å². The SMILES string of the molecule is CCc1nc2ccccc2cc1OCc1ccc(-c2ccccc2-c2nn[nH]n2)cc1. The molecule has 0 saturated carbocycles. The van der Waals surface area contributed by atoms with Gasteiger partial charge in [-0.3, -0.25) is 0 Å². The Morgan fingerprint density at radius 2 is 1.65 bits per heavy atom. The molecule has 0 bridgehead atoms. The van der Waals surface area contributed by atoms with E-state index in [2.05, 4.69) is 70.0 Å². The molecule has 6 heteroatoms. The van der Waals surface area contributed by atoms with Gasteiger partial charge in [0.15, 0.2) is 0 Å². The quantitative estimate of drug-likeness (QED) is 0.417. The maximum Gasteiger partial charge on any atom is 0.205 e. The Hall–Kier alpha value is -4.06. The summed E-state index contributed by atoms with van der Waals surface area (Å²) in [7, 11) is 0. The zero-order valence-corrected chi connectivity index (χ0v) is 17.1. The van der Waals surface area contributed by atoms with Crippen molar-refractivity contribution in [1.82, 2.24) is 25.6 Å². The molecule has 0 saturated heterocycles. The predicted molar refractivity (Wildman–Crippen MR) is 121 cm³/mol. The van der Waals surface area contributed by atoms with Crippen LogP contribution in [0.2, 0.25) is 0 Å². The van der Waals surface area contributed by atoms with Crippen LogP contribution in [-0.4, -0.2) is 25.6 Å². The minimum Gasteiger partial charge on any atom is -0.487 e. The van der Waals surface area contributed by atoms with Gasteiger partial charge < -0.3 is 4.74 Å². The van der Waals surface area contributed by atoms with E-state index >= 15 is 0 Å². The van der Waals surface area contributed by atoms with E-state index < -0.39 is 0 Å². The number of H-pyrrole nitrogens is 1. The van der Waals surface area contributed by atoms with E-state index in [-0.39, 0.29) is 0 Å². The van der Waals surface area contributed by atoms with E-state index in [1.54, 1.807) is 0 Å². The average molecular weight is 407 g/mol. The van der Waals surface area contributed by atoms with Crippen LogP contribution in [0.25, 0.3) is 33.4 Å². The average Bonchev–Trinajstić information content (AvgIpc) is 3.37. The summed E-state index contributed by atoms with van der Waals surface area (Å²) in [5.74, 6) is 1.42. The lowest BCUT2D eigenvalue weighted by atomic mass is 9.98. The number of hydrogen-bond donors (Lipinski definition) is 1. The minimum absolute atomic E-state index is 0.486. The van der Waals surface area contributed by atoms with Gasteiger partial charge >= 0.3 is 0 Å². The first kappa shape index (κ1) is 18.9. The number of benzene rings is 3. The molecule has 0 aliphatic carbocycles. The summed E-state index contributed by atoms with van der Waals surface area (Å²) < 4.78 is 6.16. The number of rotatable bonds is 6. The fraction of sp³-hybridized carbons (Fsp3) is 0.120. The van der Waals surface area contributed by atoms with Crippen molar-refractivity contribution in [3.05, 3.63) is 90.1 Å². The van der Waals surface area contributed by atoms with Crippen LogP contribution in [0.1, 0.15) is 18.2 Å². The van der Waals surface area contributed by atoms with Crippen molar-refractivity contribution in [3.63, 3.8) is 0 Å². The minimum atomic E-state index is 0.486. The molecule has 0 spiro atoms. The monoisotopic (exact) mass is 407 g/mol. The summed E-state index contributed by atoms with van der Waals surface area (Å²) in [6.45, 7) is 2.58. The maximum absolute atomic E-state index is 6.16. The lowest BCUT2D eigenvalue weighted by molar-refractivity contribution is 0.302. The highest BCUT2D eigenvalue weighted by Crippen LogP contribution is 2.30. The van der Waals surface area contributed by atoms with Crippen molar-refractivity contribution < 1.29 is 4.74 Å². The van der Waals surface area contributed by atoms with Crippen LogP contribution in [0.4, 0.5) is 0 Å². The molecule has 6 nitrogen and oxygen atoms in total. The molecule has 152 valence electrons. The second-order valence-corrected chi connectivity index (χ2v) is 7.25. The lowest BCUT2D eigenvalue weighted by Gasteiger charge is -2.12. The number of nitrogens with one attached hydrogen (secondary N) is 1. The van der Waals surface area contributed by atoms with Gasteiger partial charge in [0.05, 0.1) is 11.2 Å². The molecule has 0 fully saturated rings. The molecule has 31 heavy (non-hydrogen) atoms. The van der Waals surface area contributed by atoms with Crippen LogP contribution in [0.3, 0.4) is 0 Å². The van der Waals surface area contributed by atoms with E-state index in [1.165, 1.54) is 0 Å². The first-order chi connectivity index (χ1) is 15.3. The molecule has 2 aromatic heterocycles. The number of tetrazole rings is 1. The molecule has 0 aliphatic rings. The molecule has 0 radical (unpaired) electrons. The van der Waals surface area contributed by atoms with Gasteiger partial charge in [0.2, 0.25) is 5.82 Å². The first-order valence-electron chi connectivity index (χ1n) is 10.3. The molecular formula is C25H21N5O. The number of aryl methyl sites for hydroxylation is 1. The fourth-order valence-electron chi connectivity index (χ4n) is 3.66. The molecule has 5 rings (SSSR count). The molecule has 0 atom stereocenters. The van der Waals surface area contributed by atoms with Crippen molar-refractivity contribution in [3.8, 4) is 28.3 Å². The number of para-hydroxylation sites is 1. The topological polar surface area (TPSA) is 76.6 Å². The van der Waals surface area contributed by atoms with Gasteiger partial charge in [-0.05, 0) is 40.5 Å². The van der Waals surface area contributed by atoms with E-state index in [9.17, 15) is 0 Å². The normalized spacial score (nSPS) is 11.0. The molecule has 3 aromatic carbocycles. The van der Waals surface area contributed by atoms with E-state index in [4.69, 9.17) is 9.72 Å². The number of hydrogen-bond acceptors (Lipinski definition) is 5. The Kier molecular flexibility index (Phi) is 5.10. The summed E-state index contributed by atoms with van der Waals surface area (Å²) in [4.78, 5) is 4.75. The third-order valence-corrected chi connectivity index (χ3v) is 5.27. The molecule has 1 N–H and O–H groups in total. The number of ether oxygens (including phenoxy) is 1. The van der Waals surface area contributed by atoms with Gasteiger partial charge in [-0.1, -0.05) is 73.7 Å². The number of fused-ring (bicyclic) bond motifs is 1. The van der Waals surface area contributed by atoms with Gasteiger partial charge in [-0.2, -0.15) is 5.21 Å². The maximum atomic E-state index is 6.16. The lowest BCUT2D eigenvalue weighted by Crippen LogP contribution is -2.00. The first-order valence-corrected chi connectivity index (χ1v) is 10.3. The van der Waals surface area contributed by atoms with E-state index in [0.717, 1.165) is 51.0 Å². The summed E-state index contributed by atoms with van der Waals surface area (Å²) in [5.41, 5.74) is 6.15. The summed E-state index contributed by atoms with van der Waals surface area (Å²) >= 11 is 0. The number of aromatic nitrogens is 5. The summed E-state index contributed by atoms with van der Waals surface area (Å²) in [5, 5.41) is 15.5. The van der Waals surface area contributed by atoms with Crippen molar-refractivity contribution >= 4 is 10.9 Å². The van der Waals surface area contributed by atoms with Crippen molar-refractivity contribution in [1.29, 1.82) is 0 Å². The number of nitrogens with zero attached hydrogens (tertiary/aromatic N) is 4. The van der Waals surface area contributed by atoms with Crippen molar-refractivity contribution in [2.45, 2.75) is 20.0 Å². The van der Waals surface area contributed by atoms with Gasteiger partial charge in [0.1, 0.15) is 12.4 Å². The molecule has 5 aromatic rings.